The largest absolute Gasteiger partial charge is 0.444 e. The molecule has 0 saturated heterocycles. The van der Waals surface area contributed by atoms with Crippen LogP contribution in [0.3, 0.4) is 0 Å². The van der Waals surface area contributed by atoms with Gasteiger partial charge in [0.2, 0.25) is 5.91 Å². The zero-order valence-corrected chi connectivity index (χ0v) is 19.7. The highest BCUT2D eigenvalue weighted by molar-refractivity contribution is 6.31. The van der Waals surface area contributed by atoms with E-state index in [1.54, 1.807) is 24.3 Å². The van der Waals surface area contributed by atoms with E-state index in [9.17, 15) is 14.4 Å². The number of amides is 3. The fraction of sp³-hybridized carbons (Fsp3) is 0.375. The van der Waals surface area contributed by atoms with Gasteiger partial charge in [0.15, 0.2) is 0 Å². The van der Waals surface area contributed by atoms with Crippen molar-refractivity contribution in [2.24, 2.45) is 17.2 Å². The van der Waals surface area contributed by atoms with Crippen molar-refractivity contribution in [3.63, 3.8) is 0 Å². The minimum absolute atomic E-state index is 0.136. The Balaban J connectivity index is 2.12. The van der Waals surface area contributed by atoms with E-state index in [-0.39, 0.29) is 26.2 Å². The lowest BCUT2D eigenvalue weighted by Crippen LogP contribution is -2.56. The molecular formula is C24H31ClN4O5. The summed E-state index contributed by atoms with van der Waals surface area (Å²) in [6.07, 6.45) is 0.162. The van der Waals surface area contributed by atoms with Crippen molar-refractivity contribution in [1.82, 2.24) is 4.90 Å². The third-order valence-electron chi connectivity index (χ3n) is 5.04. The van der Waals surface area contributed by atoms with Gasteiger partial charge in [0.25, 0.3) is 5.91 Å². The number of unbranched alkanes of at least 4 members (excludes halogenated alkanes) is 1. The van der Waals surface area contributed by atoms with Gasteiger partial charge in [-0.05, 0) is 37.4 Å². The molecule has 0 aliphatic heterocycles. The van der Waals surface area contributed by atoms with Crippen LogP contribution < -0.4 is 17.2 Å². The van der Waals surface area contributed by atoms with Crippen LogP contribution in [0, 0.1) is 0 Å². The maximum absolute atomic E-state index is 13.1. The van der Waals surface area contributed by atoms with E-state index in [1.165, 1.54) is 0 Å². The number of hydrogen-bond acceptors (Lipinski definition) is 7. The topological polar surface area (TPSA) is 151 Å². The van der Waals surface area contributed by atoms with Crippen LogP contribution >= 0.6 is 11.6 Å². The first-order chi connectivity index (χ1) is 16.3. The average molecular weight is 491 g/mol. The number of primary amides is 1. The minimum Gasteiger partial charge on any atom is -0.444 e. The molecule has 2 aromatic rings. The summed E-state index contributed by atoms with van der Waals surface area (Å²) in [6, 6.07) is 13.7. The summed E-state index contributed by atoms with van der Waals surface area (Å²) in [5.74, 6) is -1.67. The molecule has 2 aromatic carbocycles. The van der Waals surface area contributed by atoms with Gasteiger partial charge in [0, 0.05) is 10.6 Å². The molecule has 6 N–H and O–H groups in total. The van der Waals surface area contributed by atoms with E-state index in [0.29, 0.717) is 34.9 Å². The number of hydrogen-bond donors (Lipinski definition) is 3. The van der Waals surface area contributed by atoms with Crippen molar-refractivity contribution in [3.8, 4) is 0 Å². The molecule has 0 fully saturated rings. The van der Waals surface area contributed by atoms with Crippen LogP contribution in [0.5, 0.6) is 0 Å². The molecule has 2 rings (SSSR count). The molecule has 184 valence electrons. The highest BCUT2D eigenvalue weighted by atomic mass is 35.5. The Kier molecular flexibility index (Phi) is 11.5. The molecule has 3 amide bonds. The first-order valence-electron chi connectivity index (χ1n) is 10.9. The predicted octanol–water partition coefficient (Wildman–Crippen LogP) is 2.33. The Bertz CT molecular complexity index is 944. The lowest BCUT2D eigenvalue weighted by atomic mass is 10.1. The number of imide groups is 1. The molecule has 0 unspecified atom stereocenters. The maximum Gasteiger partial charge on any atom is 0.417 e. The van der Waals surface area contributed by atoms with Crippen molar-refractivity contribution in [2.75, 3.05) is 13.2 Å². The molecule has 9 nitrogen and oxygen atoms in total. The number of benzene rings is 2. The lowest BCUT2D eigenvalue weighted by Gasteiger charge is -2.29. The Labute approximate surface area is 204 Å². The van der Waals surface area contributed by atoms with E-state index in [4.69, 9.17) is 38.3 Å². The number of rotatable bonds is 13. The Morgan fingerprint density at radius 1 is 0.971 bits per heavy atom. The van der Waals surface area contributed by atoms with Gasteiger partial charge in [0.05, 0.1) is 13.2 Å². The number of carbonyl (C=O) groups excluding carboxylic acids is 3. The number of halogens is 1. The summed E-state index contributed by atoms with van der Waals surface area (Å²) in [4.78, 5) is 39.0. The predicted molar refractivity (Wildman–Crippen MR) is 128 cm³/mol. The molecule has 0 aliphatic carbocycles. The summed E-state index contributed by atoms with van der Waals surface area (Å²) < 4.78 is 10.8. The molecule has 0 heterocycles. The molecule has 10 heteroatoms. The highest BCUT2D eigenvalue weighted by Gasteiger charge is 2.37. The molecule has 0 spiro atoms. The van der Waals surface area contributed by atoms with Crippen LogP contribution in [-0.4, -0.2) is 48.0 Å². The maximum atomic E-state index is 13.1. The summed E-state index contributed by atoms with van der Waals surface area (Å²) in [7, 11) is 0. The molecule has 0 bridgehead atoms. The first kappa shape index (κ1) is 27.3. The van der Waals surface area contributed by atoms with E-state index in [1.807, 2.05) is 30.3 Å². The highest BCUT2D eigenvalue weighted by Crippen LogP contribution is 2.18. The van der Waals surface area contributed by atoms with Crippen LogP contribution in [0.4, 0.5) is 4.79 Å². The van der Waals surface area contributed by atoms with Gasteiger partial charge in [-0.2, -0.15) is 0 Å². The van der Waals surface area contributed by atoms with Crippen LogP contribution in [0.1, 0.15) is 30.4 Å². The summed E-state index contributed by atoms with van der Waals surface area (Å²) in [6.45, 7) is 0.254. The van der Waals surface area contributed by atoms with Crippen molar-refractivity contribution >= 4 is 29.5 Å². The van der Waals surface area contributed by atoms with Gasteiger partial charge in [-0.1, -0.05) is 60.1 Å². The van der Waals surface area contributed by atoms with E-state index < -0.39 is 30.0 Å². The molecule has 0 aliphatic rings. The van der Waals surface area contributed by atoms with E-state index in [0.717, 1.165) is 5.56 Å². The van der Waals surface area contributed by atoms with Gasteiger partial charge in [-0.3, -0.25) is 9.59 Å². The molecular weight excluding hydrogens is 460 g/mol. The van der Waals surface area contributed by atoms with Crippen molar-refractivity contribution < 1.29 is 23.9 Å². The lowest BCUT2D eigenvalue weighted by molar-refractivity contribution is -0.140. The fourth-order valence-electron chi connectivity index (χ4n) is 3.20. The average Bonchev–Trinajstić information content (AvgIpc) is 2.83. The summed E-state index contributed by atoms with van der Waals surface area (Å²) >= 11 is 6.11. The monoisotopic (exact) mass is 490 g/mol. The second-order valence-corrected chi connectivity index (χ2v) is 8.07. The number of nitrogens with two attached hydrogens (primary N) is 3. The van der Waals surface area contributed by atoms with Crippen LogP contribution in [0.25, 0.3) is 0 Å². The van der Waals surface area contributed by atoms with Gasteiger partial charge < -0.3 is 26.7 Å². The third kappa shape index (κ3) is 8.42. The van der Waals surface area contributed by atoms with Gasteiger partial charge in [-0.15, -0.1) is 0 Å². The van der Waals surface area contributed by atoms with Crippen molar-refractivity contribution in [1.29, 1.82) is 0 Å². The second kappa shape index (κ2) is 14.3. The minimum atomic E-state index is -1.24. The molecule has 34 heavy (non-hydrogen) atoms. The van der Waals surface area contributed by atoms with Gasteiger partial charge >= 0.3 is 6.09 Å². The fourth-order valence-corrected chi connectivity index (χ4v) is 3.39. The number of carbonyl (C=O) groups is 3. The van der Waals surface area contributed by atoms with Crippen molar-refractivity contribution in [2.45, 2.75) is 44.6 Å². The zero-order chi connectivity index (χ0) is 24.9. The standard InChI is InChI=1S/C24H31ClN4O5/c25-19-11-5-4-10-18(19)15-34-24(32)29(21(22(28)30)12-6-7-13-26)23(31)20(27)16-33-14-17-8-2-1-3-9-17/h1-5,8-11,20-21H,6-7,12-16,26-27H2,(H2,28,30)/t20-,21-/m0/s1. The van der Waals surface area contributed by atoms with E-state index >= 15 is 0 Å². The molecule has 0 aromatic heterocycles. The number of ether oxygens (including phenoxy) is 2. The van der Waals surface area contributed by atoms with Gasteiger partial charge in [0.1, 0.15) is 18.7 Å². The Hall–Kier alpha value is -2.98. The summed E-state index contributed by atoms with van der Waals surface area (Å²) in [5, 5.41) is 0.397. The first-order valence-corrected chi connectivity index (χ1v) is 11.3. The van der Waals surface area contributed by atoms with Crippen LogP contribution in [-0.2, 0) is 32.3 Å². The Morgan fingerprint density at radius 3 is 2.29 bits per heavy atom. The zero-order valence-electron chi connectivity index (χ0n) is 18.9. The third-order valence-corrected chi connectivity index (χ3v) is 5.41. The van der Waals surface area contributed by atoms with Gasteiger partial charge in [-0.25, -0.2) is 9.69 Å². The Morgan fingerprint density at radius 2 is 1.65 bits per heavy atom. The quantitative estimate of drug-likeness (QED) is 0.364. The SMILES string of the molecule is NCCCC[C@@H](C(N)=O)N(C(=O)OCc1ccccc1Cl)C(=O)[C@@H](N)COCc1ccccc1. The van der Waals surface area contributed by atoms with Crippen LogP contribution in [0.15, 0.2) is 54.6 Å². The smallest absolute Gasteiger partial charge is 0.417 e. The van der Waals surface area contributed by atoms with Crippen molar-refractivity contribution in [3.05, 3.63) is 70.7 Å². The molecule has 0 saturated carbocycles. The molecule has 2 atom stereocenters. The number of nitrogens with zero attached hydrogens (tertiary/aromatic N) is 1. The summed E-state index contributed by atoms with van der Waals surface area (Å²) in [5.41, 5.74) is 18.5. The van der Waals surface area contributed by atoms with Crippen LogP contribution in [0.2, 0.25) is 5.02 Å². The second-order valence-electron chi connectivity index (χ2n) is 7.66. The normalized spacial score (nSPS) is 12.6. The molecule has 0 radical (unpaired) electrons. The van der Waals surface area contributed by atoms with E-state index in [2.05, 4.69) is 0 Å².